The Morgan fingerprint density at radius 1 is 0.767 bits per heavy atom. The van der Waals surface area contributed by atoms with Crippen molar-refractivity contribution in [3.05, 3.63) is 80.5 Å². The van der Waals surface area contributed by atoms with Gasteiger partial charge in [-0.2, -0.15) is 4.57 Å². The van der Waals surface area contributed by atoms with Crippen LogP contribution < -0.4 is 9.30 Å². The van der Waals surface area contributed by atoms with E-state index in [1.165, 1.54) is 12.5 Å². The number of hydrogen-bond acceptors (Lipinski definition) is 12. The van der Waals surface area contributed by atoms with Crippen molar-refractivity contribution in [3.63, 3.8) is 0 Å². The van der Waals surface area contributed by atoms with E-state index in [1.54, 1.807) is 12.1 Å². The molecule has 1 aromatic carbocycles. The van der Waals surface area contributed by atoms with Crippen LogP contribution in [0.15, 0.2) is 80.5 Å². The van der Waals surface area contributed by atoms with Crippen LogP contribution in [0.1, 0.15) is 0 Å². The predicted octanol–water partition coefficient (Wildman–Crippen LogP) is 0.340. The summed E-state index contributed by atoms with van der Waals surface area (Å²) >= 11 is 0. The van der Waals surface area contributed by atoms with Crippen molar-refractivity contribution in [1.82, 2.24) is 0 Å². The molecular weight excluding hydrogens is 566 g/mol. The Bertz CT molecular complexity index is 1170. The maximum Gasteiger partial charge on any atom is 0.210 e. The van der Waals surface area contributed by atoms with Crippen molar-refractivity contribution in [2.75, 3.05) is 40.2 Å². The highest BCUT2D eigenvalue weighted by Gasteiger charge is 2.69. The zero-order chi connectivity index (χ0) is 30.2. The summed E-state index contributed by atoms with van der Waals surface area (Å²) < 4.78 is 54.2. The van der Waals surface area contributed by atoms with Crippen LogP contribution in [0.3, 0.4) is 0 Å². The van der Waals surface area contributed by atoms with Crippen LogP contribution in [0.5, 0.6) is 5.75 Å². The lowest BCUT2D eigenvalue weighted by atomic mass is 9.78. The molecule has 9 atom stereocenters. The van der Waals surface area contributed by atoms with Crippen LogP contribution in [0.4, 0.5) is 0 Å². The Hall–Kier alpha value is -3.11. The molecule has 3 aliphatic rings. The van der Waals surface area contributed by atoms with Gasteiger partial charge >= 0.3 is 0 Å². The van der Waals surface area contributed by atoms with Crippen molar-refractivity contribution < 1.29 is 62.5 Å². The number of aromatic nitrogens is 1. The summed E-state index contributed by atoms with van der Waals surface area (Å²) in [4.78, 5) is 0. The Kier molecular flexibility index (Phi) is 10.6. The molecule has 0 bridgehead atoms. The quantitative estimate of drug-likeness (QED) is 0.111. The average Bonchev–Trinajstić information content (AvgIpc) is 3.69. The number of pyridine rings is 1. The molecule has 3 fully saturated rings. The normalized spacial score (nSPS) is 33.7. The first-order chi connectivity index (χ1) is 21.0. The lowest BCUT2D eigenvalue weighted by Gasteiger charge is -2.45. The number of benzene rings is 1. The molecule has 0 saturated carbocycles. The molecule has 1 aromatic heterocycles. The Morgan fingerprint density at radius 2 is 1.35 bits per heavy atom. The zero-order valence-corrected chi connectivity index (χ0v) is 23.6. The first-order valence-electron chi connectivity index (χ1n) is 13.9. The molecule has 13 nitrogen and oxygen atoms in total. The molecule has 0 radical (unpaired) electrons. The first kappa shape index (κ1) is 31.3. The van der Waals surface area contributed by atoms with E-state index < -0.39 is 54.4 Å². The topological polar surface area (TPSA) is 148 Å². The second kappa shape index (κ2) is 14.6. The molecule has 43 heavy (non-hydrogen) atoms. The number of hydrogen-bond donors (Lipinski definition) is 3. The summed E-state index contributed by atoms with van der Waals surface area (Å²) in [5.74, 6) is 0.549. The van der Waals surface area contributed by atoms with E-state index in [0.717, 1.165) is 5.69 Å². The molecule has 234 valence electrons. The average molecular weight is 605 g/mol. The lowest BCUT2D eigenvalue weighted by molar-refractivity contribution is -0.595. The predicted molar refractivity (Wildman–Crippen MR) is 147 cm³/mol. The van der Waals surface area contributed by atoms with Gasteiger partial charge in [-0.15, -0.1) is 0 Å². The molecule has 2 aromatic rings. The van der Waals surface area contributed by atoms with Crippen LogP contribution in [0.25, 0.3) is 5.69 Å². The van der Waals surface area contributed by atoms with E-state index in [4.69, 9.17) is 42.6 Å². The van der Waals surface area contributed by atoms with Crippen molar-refractivity contribution >= 4 is 0 Å². The fraction of sp³-hybridized carbons (Fsp3) is 0.500. The minimum absolute atomic E-state index is 0.0956. The van der Waals surface area contributed by atoms with E-state index in [0.29, 0.717) is 5.75 Å². The third kappa shape index (κ3) is 6.70. The molecule has 0 spiro atoms. The van der Waals surface area contributed by atoms with Gasteiger partial charge in [0.25, 0.3) is 0 Å². The van der Waals surface area contributed by atoms with Crippen molar-refractivity contribution in [2.24, 2.45) is 0 Å². The van der Waals surface area contributed by atoms with Crippen LogP contribution >= 0.6 is 0 Å². The van der Waals surface area contributed by atoms with Gasteiger partial charge < -0.3 is 58.0 Å². The highest BCUT2D eigenvalue weighted by Crippen LogP contribution is 2.46. The number of nitrogens with zero attached hydrogens (tertiary/aromatic N) is 1. The molecule has 3 saturated heterocycles. The largest absolute Gasteiger partial charge is 0.476 e. The van der Waals surface area contributed by atoms with Crippen molar-refractivity contribution in [1.29, 1.82) is 0 Å². The number of aliphatic hydroxyl groups is 3. The van der Waals surface area contributed by atoms with Crippen LogP contribution in [-0.4, -0.2) is 110 Å². The highest BCUT2D eigenvalue weighted by atomic mass is 16.7. The van der Waals surface area contributed by atoms with Gasteiger partial charge in [0.2, 0.25) is 5.69 Å². The van der Waals surface area contributed by atoms with Gasteiger partial charge in [-0.25, -0.2) is 0 Å². The molecule has 0 aliphatic carbocycles. The Labute approximate surface area is 249 Å². The van der Waals surface area contributed by atoms with Crippen LogP contribution in [0, 0.1) is 0 Å². The summed E-state index contributed by atoms with van der Waals surface area (Å²) in [6, 6.07) is 13.2. The maximum atomic E-state index is 11.0. The zero-order valence-electron chi connectivity index (χ0n) is 23.6. The van der Waals surface area contributed by atoms with E-state index in [2.05, 4.69) is 13.2 Å². The third-order valence-corrected chi connectivity index (χ3v) is 7.65. The van der Waals surface area contributed by atoms with Gasteiger partial charge in [0.15, 0.2) is 38.4 Å². The monoisotopic (exact) mass is 604 g/mol. The molecular formula is C30H38NO12+. The fourth-order valence-corrected chi connectivity index (χ4v) is 5.74. The first-order valence-corrected chi connectivity index (χ1v) is 13.9. The second-order valence-electron chi connectivity index (χ2n) is 10.2. The minimum Gasteiger partial charge on any atom is -0.476 e. The maximum absolute atomic E-state index is 11.0. The smallest absolute Gasteiger partial charge is 0.210 e. The van der Waals surface area contributed by atoms with E-state index in [1.807, 2.05) is 47.3 Å². The van der Waals surface area contributed by atoms with Crippen LogP contribution in [-0.2, 0) is 37.9 Å². The van der Waals surface area contributed by atoms with Gasteiger partial charge in [-0.3, -0.25) is 0 Å². The molecule has 13 heteroatoms. The molecule has 9 unspecified atom stereocenters. The third-order valence-electron chi connectivity index (χ3n) is 7.65. The number of aliphatic hydroxyl groups excluding tert-OH is 3. The summed E-state index contributed by atoms with van der Waals surface area (Å²) in [5, 5.41) is 32.7. The van der Waals surface area contributed by atoms with Gasteiger partial charge in [-0.05, 0) is 12.1 Å². The van der Waals surface area contributed by atoms with E-state index in [9.17, 15) is 15.3 Å². The number of rotatable bonds is 15. The van der Waals surface area contributed by atoms with Crippen molar-refractivity contribution in [2.45, 2.75) is 54.4 Å². The Morgan fingerprint density at radius 3 is 1.95 bits per heavy atom. The molecule has 3 N–H and O–H groups in total. The van der Waals surface area contributed by atoms with Gasteiger partial charge in [0.05, 0.1) is 32.3 Å². The molecule has 5 rings (SSSR count). The summed E-state index contributed by atoms with van der Waals surface area (Å²) in [6.07, 6.45) is -2.16. The van der Waals surface area contributed by atoms with E-state index >= 15 is 0 Å². The SMILES string of the molecule is C=COCOC1C(O)COC1C1(C2OCC(O)C2OCOc2ccc(-[n+]3ccccc3)cc2)OCC(O)C1OCOC=C. The lowest BCUT2D eigenvalue weighted by Crippen LogP contribution is -2.67. The van der Waals surface area contributed by atoms with Gasteiger partial charge in [0, 0.05) is 24.3 Å². The minimum atomic E-state index is -1.61. The highest BCUT2D eigenvalue weighted by molar-refractivity contribution is 5.31. The van der Waals surface area contributed by atoms with Gasteiger partial charge in [0.1, 0.15) is 54.6 Å². The Balaban J connectivity index is 1.35. The van der Waals surface area contributed by atoms with Gasteiger partial charge in [-0.1, -0.05) is 19.2 Å². The number of ether oxygens (including phenoxy) is 9. The second-order valence-corrected chi connectivity index (χ2v) is 10.2. The standard InChI is InChI=1S/C30H38NO12/c1-3-35-17-40-25-22(32)14-37-28(25)30(27(24(34)16-43-30)42-18-36-4-2)29-26(23(33)15-38-29)41-19-39-21-10-8-20(9-11-21)31-12-6-5-7-13-31/h3-13,22-29,32-34H,1-2,14-19H2/q+1. The molecule has 4 heterocycles. The molecule has 0 amide bonds. The summed E-state index contributed by atoms with van der Waals surface area (Å²) in [5.41, 5.74) is -0.662. The summed E-state index contributed by atoms with van der Waals surface area (Å²) in [6.45, 7) is 5.93. The fourth-order valence-electron chi connectivity index (χ4n) is 5.74. The van der Waals surface area contributed by atoms with E-state index in [-0.39, 0.29) is 40.2 Å². The summed E-state index contributed by atoms with van der Waals surface area (Å²) in [7, 11) is 0. The van der Waals surface area contributed by atoms with Crippen LogP contribution in [0.2, 0.25) is 0 Å². The molecule has 3 aliphatic heterocycles. The van der Waals surface area contributed by atoms with Crippen molar-refractivity contribution in [3.8, 4) is 11.4 Å².